The van der Waals surface area contributed by atoms with Gasteiger partial charge in [-0.05, 0) is 36.9 Å². The highest BCUT2D eigenvalue weighted by Crippen LogP contribution is 2.30. The first-order valence-corrected chi connectivity index (χ1v) is 9.48. The van der Waals surface area contributed by atoms with Crippen LogP contribution in [0.4, 0.5) is 0 Å². The van der Waals surface area contributed by atoms with E-state index in [0.717, 1.165) is 38.9 Å². The molecule has 2 amide bonds. The Bertz CT molecular complexity index is 661. The van der Waals surface area contributed by atoms with E-state index in [2.05, 4.69) is 29.2 Å². The molecule has 3 saturated heterocycles. The molecule has 2 N–H and O–H groups in total. The molecule has 6 heteroatoms. The summed E-state index contributed by atoms with van der Waals surface area (Å²) in [5.74, 6) is 0.152. The summed E-state index contributed by atoms with van der Waals surface area (Å²) in [6.45, 7) is 3.31. The Morgan fingerprint density at radius 2 is 2.00 bits per heavy atom. The first kappa shape index (κ1) is 18.9. The molecule has 6 nitrogen and oxygen atoms in total. The number of nitrogens with zero attached hydrogens (tertiary/aromatic N) is 3. The summed E-state index contributed by atoms with van der Waals surface area (Å²) >= 11 is 0. The molecule has 1 aromatic carbocycles. The van der Waals surface area contributed by atoms with E-state index in [0.29, 0.717) is 6.54 Å². The van der Waals surface area contributed by atoms with Gasteiger partial charge in [0.2, 0.25) is 11.8 Å². The molecule has 0 unspecified atom stereocenters. The molecule has 142 valence electrons. The second kappa shape index (κ2) is 8.18. The Labute approximate surface area is 155 Å². The van der Waals surface area contributed by atoms with Crippen LogP contribution in [0.2, 0.25) is 0 Å². The number of nitrogens with two attached hydrogens (primary N) is 1. The number of piperidine rings is 1. The van der Waals surface area contributed by atoms with Crippen molar-refractivity contribution in [1.82, 2.24) is 14.7 Å². The molecule has 26 heavy (non-hydrogen) atoms. The maximum atomic E-state index is 12.8. The Balaban J connectivity index is 1.70. The number of likely N-dealkylation sites (N-methyl/N-ethyl adjacent to an activating group) is 1. The standard InChI is InChI=1S/C20H30N4O2/c1-22(2)19(25)14-24-18-7-6-17(20(24)26)12-23(13-18)11-16-5-3-4-15(10-16)8-9-21/h3-5,10,17-18H,6-9,11-14,21H2,1-2H3/t17-,18+/m0/s1. The van der Waals surface area contributed by atoms with Crippen LogP contribution in [0.5, 0.6) is 0 Å². The van der Waals surface area contributed by atoms with Crippen molar-refractivity contribution in [3.05, 3.63) is 35.4 Å². The van der Waals surface area contributed by atoms with Crippen molar-refractivity contribution in [3.8, 4) is 0 Å². The number of amides is 2. The van der Waals surface area contributed by atoms with E-state index < -0.39 is 0 Å². The quantitative estimate of drug-likeness (QED) is 0.813. The number of benzene rings is 1. The van der Waals surface area contributed by atoms with Gasteiger partial charge in [-0.2, -0.15) is 0 Å². The molecule has 2 bridgehead atoms. The molecule has 3 heterocycles. The van der Waals surface area contributed by atoms with Crippen LogP contribution in [0.15, 0.2) is 24.3 Å². The Kier molecular flexibility index (Phi) is 5.94. The summed E-state index contributed by atoms with van der Waals surface area (Å²) in [4.78, 5) is 30.7. The van der Waals surface area contributed by atoms with E-state index in [9.17, 15) is 9.59 Å². The van der Waals surface area contributed by atoms with Gasteiger partial charge in [0.1, 0.15) is 6.54 Å². The minimum absolute atomic E-state index is 0.00747. The van der Waals surface area contributed by atoms with Crippen LogP contribution in [0, 0.1) is 5.92 Å². The second-order valence-corrected chi connectivity index (χ2v) is 7.74. The van der Waals surface area contributed by atoms with Crippen molar-refractivity contribution in [1.29, 1.82) is 0 Å². The average molecular weight is 358 g/mol. The van der Waals surface area contributed by atoms with Crippen LogP contribution in [-0.2, 0) is 22.6 Å². The highest BCUT2D eigenvalue weighted by molar-refractivity contribution is 5.86. The zero-order valence-corrected chi connectivity index (χ0v) is 15.9. The molecule has 2 atom stereocenters. The molecule has 0 radical (unpaired) electrons. The van der Waals surface area contributed by atoms with Crippen molar-refractivity contribution in [3.63, 3.8) is 0 Å². The molecule has 3 aliphatic rings. The lowest BCUT2D eigenvalue weighted by Crippen LogP contribution is -2.51. The molecule has 1 aromatic rings. The summed E-state index contributed by atoms with van der Waals surface area (Å²) in [5, 5.41) is 0. The van der Waals surface area contributed by atoms with E-state index in [4.69, 9.17) is 5.73 Å². The minimum atomic E-state index is -0.00747. The fraction of sp³-hybridized carbons (Fsp3) is 0.600. The van der Waals surface area contributed by atoms with Crippen LogP contribution in [0.25, 0.3) is 0 Å². The van der Waals surface area contributed by atoms with Crippen LogP contribution >= 0.6 is 0 Å². The summed E-state index contributed by atoms with van der Waals surface area (Å²) in [5.41, 5.74) is 8.19. The third kappa shape index (κ3) is 4.24. The number of fused-ring (bicyclic) bond motifs is 4. The summed E-state index contributed by atoms with van der Waals surface area (Å²) < 4.78 is 0. The van der Waals surface area contributed by atoms with E-state index in [-0.39, 0.29) is 30.3 Å². The zero-order valence-electron chi connectivity index (χ0n) is 15.9. The molecule has 3 fully saturated rings. The summed E-state index contributed by atoms with van der Waals surface area (Å²) in [6.07, 6.45) is 2.80. The van der Waals surface area contributed by atoms with Crippen molar-refractivity contribution in [2.75, 3.05) is 40.3 Å². The lowest BCUT2D eigenvalue weighted by molar-refractivity contribution is -0.145. The van der Waals surface area contributed by atoms with Crippen LogP contribution in [0.3, 0.4) is 0 Å². The molecule has 3 aliphatic heterocycles. The Morgan fingerprint density at radius 1 is 1.23 bits per heavy atom. The van der Waals surface area contributed by atoms with Gasteiger partial charge in [0, 0.05) is 39.8 Å². The van der Waals surface area contributed by atoms with Gasteiger partial charge >= 0.3 is 0 Å². The first-order chi connectivity index (χ1) is 12.5. The largest absolute Gasteiger partial charge is 0.347 e. The first-order valence-electron chi connectivity index (χ1n) is 9.48. The number of rotatable bonds is 6. The minimum Gasteiger partial charge on any atom is -0.347 e. The zero-order chi connectivity index (χ0) is 18.7. The van der Waals surface area contributed by atoms with Crippen LogP contribution in [-0.4, -0.2) is 72.8 Å². The van der Waals surface area contributed by atoms with Gasteiger partial charge in [-0.15, -0.1) is 0 Å². The smallest absolute Gasteiger partial charge is 0.241 e. The van der Waals surface area contributed by atoms with Crippen molar-refractivity contribution >= 4 is 11.8 Å². The third-order valence-corrected chi connectivity index (χ3v) is 5.50. The highest BCUT2D eigenvalue weighted by atomic mass is 16.2. The van der Waals surface area contributed by atoms with Gasteiger partial charge in [0.05, 0.1) is 5.92 Å². The van der Waals surface area contributed by atoms with Gasteiger partial charge in [0.15, 0.2) is 0 Å². The lowest BCUT2D eigenvalue weighted by atomic mass is 9.94. The lowest BCUT2D eigenvalue weighted by Gasteiger charge is -2.36. The number of hydrogen-bond acceptors (Lipinski definition) is 4. The van der Waals surface area contributed by atoms with Gasteiger partial charge in [-0.25, -0.2) is 0 Å². The predicted octanol–water partition coefficient (Wildman–Crippen LogP) is 0.699. The molecule has 0 aromatic heterocycles. The number of carbonyl (C=O) groups excluding carboxylic acids is 2. The molecule has 0 saturated carbocycles. The Hall–Kier alpha value is -1.92. The van der Waals surface area contributed by atoms with Crippen LogP contribution in [0.1, 0.15) is 24.0 Å². The Morgan fingerprint density at radius 3 is 2.73 bits per heavy atom. The normalized spacial score (nSPS) is 23.2. The number of hydrogen-bond donors (Lipinski definition) is 1. The van der Waals surface area contributed by atoms with E-state index >= 15 is 0 Å². The third-order valence-electron chi connectivity index (χ3n) is 5.50. The monoisotopic (exact) mass is 358 g/mol. The molecule has 0 spiro atoms. The maximum Gasteiger partial charge on any atom is 0.241 e. The average Bonchev–Trinajstić information content (AvgIpc) is 2.87. The second-order valence-electron chi connectivity index (χ2n) is 7.74. The molecular formula is C20H30N4O2. The number of carbonyl (C=O) groups is 2. The predicted molar refractivity (Wildman–Crippen MR) is 101 cm³/mol. The van der Waals surface area contributed by atoms with E-state index in [1.54, 1.807) is 19.0 Å². The van der Waals surface area contributed by atoms with Gasteiger partial charge in [-0.3, -0.25) is 14.5 Å². The van der Waals surface area contributed by atoms with Gasteiger partial charge in [-0.1, -0.05) is 24.3 Å². The molecular weight excluding hydrogens is 328 g/mol. The summed E-state index contributed by atoms with van der Waals surface area (Å²) in [7, 11) is 3.48. The topological polar surface area (TPSA) is 69.9 Å². The van der Waals surface area contributed by atoms with Crippen LogP contribution < -0.4 is 5.73 Å². The summed E-state index contributed by atoms with van der Waals surface area (Å²) in [6, 6.07) is 8.69. The molecule has 0 aliphatic carbocycles. The fourth-order valence-corrected chi connectivity index (χ4v) is 4.06. The van der Waals surface area contributed by atoms with Crippen molar-refractivity contribution in [2.45, 2.75) is 31.8 Å². The molecule has 4 rings (SSSR count). The SMILES string of the molecule is CN(C)C(=O)CN1C(=O)[C@H]2CC[C@@H]1CN(Cc1cccc(CCN)c1)C2. The van der Waals surface area contributed by atoms with Crippen molar-refractivity contribution < 1.29 is 9.59 Å². The fourth-order valence-electron chi connectivity index (χ4n) is 4.06. The highest BCUT2D eigenvalue weighted by Gasteiger charge is 2.41. The van der Waals surface area contributed by atoms with E-state index in [1.807, 2.05) is 4.90 Å². The van der Waals surface area contributed by atoms with Gasteiger partial charge < -0.3 is 15.5 Å². The maximum absolute atomic E-state index is 12.8. The van der Waals surface area contributed by atoms with E-state index in [1.165, 1.54) is 11.1 Å². The van der Waals surface area contributed by atoms with Gasteiger partial charge in [0.25, 0.3) is 0 Å². The van der Waals surface area contributed by atoms with Crippen molar-refractivity contribution in [2.24, 2.45) is 11.7 Å².